The Morgan fingerprint density at radius 1 is 0.304 bits per heavy atom. The summed E-state index contributed by atoms with van der Waals surface area (Å²) in [6.45, 7) is 2.42. The number of aliphatic imine (C=N–C) groups is 6. The molecule has 3 fully saturated rings. The highest BCUT2D eigenvalue weighted by Crippen LogP contribution is 2.34. The van der Waals surface area contributed by atoms with Gasteiger partial charge in [0, 0.05) is 92.0 Å². The smallest absolute Gasteiger partial charge is 0.129 e. The predicted octanol–water partition coefficient (Wildman–Crippen LogP) is 8.65. The zero-order valence-corrected chi connectivity index (χ0v) is 41.5. The molecule has 15 nitrogen and oxygen atoms in total. The van der Waals surface area contributed by atoms with Crippen LogP contribution < -0.4 is 28.4 Å². The first kappa shape index (κ1) is 51.2. The molecule has 12 rings (SSSR count). The monoisotopic (exact) mass is 949 g/mol. The first-order valence-electron chi connectivity index (χ1n) is 24.7. The van der Waals surface area contributed by atoms with Gasteiger partial charge in [0.25, 0.3) is 0 Å². The number of hydrogen-bond acceptors (Lipinski definition) is 15. The van der Waals surface area contributed by atoms with Crippen molar-refractivity contribution in [2.45, 2.75) is 113 Å². The van der Waals surface area contributed by atoms with Gasteiger partial charge in [-0.1, -0.05) is 38.5 Å². The van der Waals surface area contributed by atoms with Crippen LogP contribution in [0.4, 0.5) is 0 Å². The minimum Gasteiger partial charge on any atom is -0.496 e. The van der Waals surface area contributed by atoms with Gasteiger partial charge in [0.15, 0.2) is 0 Å². The van der Waals surface area contributed by atoms with E-state index in [1.165, 1.54) is 0 Å². The molecule has 0 amide bonds. The third-order valence-electron chi connectivity index (χ3n) is 13.2. The topological polar surface area (TPSA) is 157 Å². The number of methoxy groups -OCH3 is 6. The van der Waals surface area contributed by atoms with Crippen LogP contribution in [0.25, 0.3) is 0 Å². The first-order chi connectivity index (χ1) is 33.9. The van der Waals surface area contributed by atoms with Gasteiger partial charge >= 0.3 is 0 Å². The Labute approximate surface area is 408 Å². The number of nitrogens with zero attached hydrogens (tertiary/aromatic N) is 6. The Bertz CT molecular complexity index is 2050. The molecular formula is C54H72N6O9. The van der Waals surface area contributed by atoms with Gasteiger partial charge < -0.3 is 42.6 Å². The lowest BCUT2D eigenvalue weighted by molar-refractivity contribution is 0.146. The SMILES string of the molecule is COCCOc1cc2c(OC)cc1C=N[C@@H]1CCCC[C@H]1N=Cc1cc(OCCOC)c(cc1OC)C=N[C@@H]1CCCC[C@H]1N=Cc1cc(OCCOC)c(cc1OC)C=N[C@@H]1CCCC[C@H]1N=C2. The average molecular weight is 949 g/mol. The summed E-state index contributed by atoms with van der Waals surface area (Å²) in [7, 11) is 10.0. The van der Waals surface area contributed by atoms with Crippen molar-refractivity contribution in [3.05, 3.63) is 69.8 Å². The van der Waals surface area contributed by atoms with E-state index in [4.69, 9.17) is 72.6 Å². The minimum atomic E-state index is -0.0362. The normalized spacial score (nSPS) is 22.7. The van der Waals surface area contributed by atoms with Gasteiger partial charge in [-0.25, -0.2) is 0 Å². The summed E-state index contributed by atoms with van der Waals surface area (Å²) in [5.74, 6) is 4.02. The van der Waals surface area contributed by atoms with Gasteiger partial charge in [-0.15, -0.1) is 0 Å². The van der Waals surface area contributed by atoms with Crippen molar-refractivity contribution in [2.75, 3.05) is 82.3 Å². The van der Waals surface area contributed by atoms with Crippen molar-refractivity contribution in [1.29, 1.82) is 0 Å². The molecule has 15 heteroatoms. The van der Waals surface area contributed by atoms with Gasteiger partial charge in [-0.05, 0) is 74.9 Å². The van der Waals surface area contributed by atoms with Crippen LogP contribution in [0, 0.1) is 0 Å². The van der Waals surface area contributed by atoms with Crippen molar-refractivity contribution < 1.29 is 42.6 Å². The maximum absolute atomic E-state index is 6.34. The summed E-state index contributed by atoms with van der Waals surface area (Å²) >= 11 is 0. The summed E-state index contributed by atoms with van der Waals surface area (Å²) in [5, 5.41) is 0. The largest absolute Gasteiger partial charge is 0.496 e. The molecule has 6 atom stereocenters. The van der Waals surface area contributed by atoms with Crippen LogP contribution in [0.2, 0.25) is 0 Å². The fourth-order valence-electron chi connectivity index (χ4n) is 9.36. The molecule has 3 aliphatic carbocycles. The van der Waals surface area contributed by atoms with Crippen molar-refractivity contribution in [3.8, 4) is 34.5 Å². The third kappa shape index (κ3) is 14.2. The van der Waals surface area contributed by atoms with E-state index in [1.807, 2.05) is 73.7 Å². The molecule has 0 saturated heterocycles. The van der Waals surface area contributed by atoms with Gasteiger partial charge in [0.1, 0.15) is 54.3 Å². The first-order valence-corrected chi connectivity index (χ1v) is 24.7. The molecular weight excluding hydrogens is 877 g/mol. The molecule has 0 N–H and O–H groups in total. The van der Waals surface area contributed by atoms with E-state index in [2.05, 4.69) is 0 Å². The van der Waals surface area contributed by atoms with E-state index in [9.17, 15) is 0 Å². The lowest BCUT2D eigenvalue weighted by Gasteiger charge is -2.26. The number of rotatable bonds is 15. The van der Waals surface area contributed by atoms with E-state index in [-0.39, 0.29) is 36.3 Å². The van der Waals surface area contributed by atoms with Gasteiger partial charge in [-0.2, -0.15) is 0 Å². The Balaban J connectivity index is 1.33. The summed E-state index contributed by atoms with van der Waals surface area (Å²) in [6.07, 6.45) is 23.3. The highest BCUT2D eigenvalue weighted by molar-refractivity contribution is 5.93. The quantitative estimate of drug-likeness (QED) is 0.136. The van der Waals surface area contributed by atoms with Crippen LogP contribution >= 0.6 is 0 Å². The second-order valence-corrected chi connectivity index (χ2v) is 17.8. The standard InChI is InChI=1S/C54H72N6O9/c1-61-19-22-67-52-28-37-31-55-44-14-8-11-17-47(44)59-35-41-26-51(66-6)39(30-54(41)69-24-21-63-3)33-57-45-15-9-12-18-48(45)60-36-42-27-50(65-5)38(29-53(42)68-23-20-62-2)32-56-43-13-7-10-16-46(43)58-34-40(52)25-49(37)64-4/h25-36,43-48H,7-24H2,1-6H3/t43-,44-,45-,46-,47-,48-/m1/s1. The van der Waals surface area contributed by atoms with Crippen LogP contribution in [0.1, 0.15) is 110 Å². The Morgan fingerprint density at radius 2 is 0.507 bits per heavy atom. The van der Waals surface area contributed by atoms with E-state index in [0.29, 0.717) is 74.1 Å². The van der Waals surface area contributed by atoms with Gasteiger partial charge in [-0.3, -0.25) is 30.0 Å². The zero-order chi connectivity index (χ0) is 48.2. The van der Waals surface area contributed by atoms with Crippen LogP contribution in [-0.4, -0.2) is 156 Å². The summed E-state index contributed by atoms with van der Waals surface area (Å²) in [4.78, 5) is 31.1. The molecule has 0 radical (unpaired) electrons. The van der Waals surface area contributed by atoms with Crippen molar-refractivity contribution in [3.63, 3.8) is 0 Å². The predicted molar refractivity (Wildman–Crippen MR) is 275 cm³/mol. The second-order valence-electron chi connectivity index (χ2n) is 17.8. The van der Waals surface area contributed by atoms with Crippen LogP contribution in [0.3, 0.4) is 0 Å². The molecule has 0 spiro atoms. The molecule has 9 aliphatic rings. The molecule has 372 valence electrons. The summed E-state index contributed by atoms with van der Waals surface area (Å²) in [6, 6.07) is 11.7. The van der Waals surface area contributed by atoms with Crippen molar-refractivity contribution in [2.24, 2.45) is 30.0 Å². The number of benzene rings is 3. The zero-order valence-electron chi connectivity index (χ0n) is 41.5. The van der Waals surface area contributed by atoms with Gasteiger partial charge in [0.05, 0.1) is 77.4 Å². The lowest BCUT2D eigenvalue weighted by Crippen LogP contribution is -2.27. The molecule has 6 bridgehead atoms. The fourth-order valence-corrected chi connectivity index (χ4v) is 9.36. The highest BCUT2D eigenvalue weighted by Gasteiger charge is 2.27. The van der Waals surface area contributed by atoms with Crippen LogP contribution in [0.5, 0.6) is 34.5 Å². The van der Waals surface area contributed by atoms with E-state index in [0.717, 1.165) is 110 Å². The average Bonchev–Trinajstić information content (AvgIpc) is 3.38. The van der Waals surface area contributed by atoms with Gasteiger partial charge in [0.2, 0.25) is 0 Å². The number of hydrogen-bond donors (Lipinski definition) is 0. The Morgan fingerprint density at radius 3 is 0.710 bits per heavy atom. The van der Waals surface area contributed by atoms with E-state index >= 15 is 0 Å². The minimum absolute atomic E-state index is 0.0345. The lowest BCUT2D eigenvalue weighted by atomic mass is 9.91. The number of ether oxygens (including phenoxy) is 9. The highest BCUT2D eigenvalue weighted by atomic mass is 16.5. The fraction of sp³-hybridized carbons (Fsp3) is 0.556. The Kier molecular flexibility index (Phi) is 20.0. The van der Waals surface area contributed by atoms with Crippen LogP contribution in [0.15, 0.2) is 66.4 Å². The molecule has 0 unspecified atom stereocenters. The van der Waals surface area contributed by atoms with Crippen molar-refractivity contribution >= 4 is 37.3 Å². The molecule has 3 aromatic carbocycles. The summed E-state index contributed by atoms with van der Waals surface area (Å²) < 4.78 is 53.1. The van der Waals surface area contributed by atoms with Crippen molar-refractivity contribution in [1.82, 2.24) is 0 Å². The molecule has 3 saturated carbocycles. The Hall–Kier alpha value is -5.64. The maximum Gasteiger partial charge on any atom is 0.129 e. The third-order valence-corrected chi connectivity index (χ3v) is 13.2. The van der Waals surface area contributed by atoms with E-state index < -0.39 is 0 Å². The van der Waals surface area contributed by atoms with E-state index in [1.54, 1.807) is 42.7 Å². The second kappa shape index (κ2) is 26.9. The molecule has 6 aliphatic heterocycles. The maximum atomic E-state index is 6.34. The van der Waals surface area contributed by atoms with Crippen LogP contribution in [-0.2, 0) is 14.2 Å². The summed E-state index contributed by atoms with van der Waals surface area (Å²) in [5.41, 5.74) is 4.84. The molecule has 6 heterocycles. The molecule has 69 heavy (non-hydrogen) atoms. The molecule has 0 aromatic heterocycles. The molecule has 3 aromatic rings.